The summed E-state index contributed by atoms with van der Waals surface area (Å²) in [6.07, 6.45) is 0. The Morgan fingerprint density at radius 2 is 1.76 bits per heavy atom. The Bertz CT molecular complexity index is 518. The van der Waals surface area contributed by atoms with E-state index >= 15 is 0 Å². The number of esters is 1. The minimum atomic E-state index is -0.401. The van der Waals surface area contributed by atoms with Crippen molar-refractivity contribution in [3.63, 3.8) is 0 Å². The van der Waals surface area contributed by atoms with Crippen molar-refractivity contribution in [2.75, 3.05) is 0 Å². The first-order valence-corrected chi connectivity index (χ1v) is 5.24. The molecule has 1 aromatic heterocycles. The fourth-order valence-corrected chi connectivity index (χ4v) is 1.40. The van der Waals surface area contributed by atoms with Gasteiger partial charge in [0.1, 0.15) is 0 Å². The summed E-state index contributed by atoms with van der Waals surface area (Å²) in [6.45, 7) is 3.36. The van der Waals surface area contributed by atoms with Gasteiger partial charge in [0.25, 0.3) is 0 Å². The molecule has 1 aromatic carbocycles. The fourth-order valence-electron chi connectivity index (χ4n) is 1.40. The van der Waals surface area contributed by atoms with Crippen LogP contribution in [0.15, 0.2) is 36.4 Å². The molecule has 0 bridgehead atoms. The Kier molecular flexibility index (Phi) is 3.14. The molecule has 4 heteroatoms. The fraction of sp³-hybridized carbons (Fsp3) is 0.154. The lowest BCUT2D eigenvalue weighted by Crippen LogP contribution is -2.03. The number of carbonyl (C=O) groups excluding carboxylic acids is 1. The highest BCUT2D eigenvalue weighted by atomic mass is 16.5. The van der Waals surface area contributed by atoms with Crippen molar-refractivity contribution in [2.45, 2.75) is 13.8 Å². The zero-order chi connectivity index (χ0) is 12.3. The summed E-state index contributed by atoms with van der Waals surface area (Å²) in [5.74, 6) is -0.184. The van der Waals surface area contributed by atoms with Crippen LogP contribution in [0.5, 0.6) is 5.88 Å². The van der Waals surface area contributed by atoms with Crippen molar-refractivity contribution in [1.29, 1.82) is 0 Å². The first kappa shape index (κ1) is 11.3. The molecule has 0 aliphatic carbocycles. The molecule has 2 rings (SSSR count). The van der Waals surface area contributed by atoms with Crippen LogP contribution in [0.25, 0.3) is 11.3 Å². The van der Waals surface area contributed by atoms with E-state index in [-0.39, 0.29) is 5.88 Å². The van der Waals surface area contributed by atoms with Crippen LogP contribution in [-0.4, -0.2) is 16.2 Å². The molecule has 0 fully saturated rings. The van der Waals surface area contributed by atoms with Gasteiger partial charge in [-0.05, 0) is 13.0 Å². The quantitative estimate of drug-likeness (QED) is 0.740. The van der Waals surface area contributed by atoms with Gasteiger partial charge in [0.05, 0.1) is 5.69 Å². The number of hydrogen-bond acceptors (Lipinski definition) is 4. The van der Waals surface area contributed by atoms with Crippen LogP contribution in [-0.2, 0) is 4.79 Å². The van der Waals surface area contributed by atoms with Crippen LogP contribution in [0.1, 0.15) is 12.5 Å². The van der Waals surface area contributed by atoms with E-state index in [1.54, 1.807) is 12.1 Å². The van der Waals surface area contributed by atoms with Gasteiger partial charge >= 0.3 is 5.97 Å². The molecular formula is C13H12N2O2. The molecule has 17 heavy (non-hydrogen) atoms. The highest BCUT2D eigenvalue weighted by Gasteiger charge is 2.03. The molecule has 0 N–H and O–H groups in total. The SMILES string of the molecule is CC(=O)Oc1ccc(-c2ccc(C)cc2)nn1. The van der Waals surface area contributed by atoms with Gasteiger partial charge in [-0.25, -0.2) is 0 Å². The highest BCUT2D eigenvalue weighted by Crippen LogP contribution is 2.18. The summed E-state index contributed by atoms with van der Waals surface area (Å²) in [5, 5.41) is 7.83. The molecule has 4 nitrogen and oxygen atoms in total. The lowest BCUT2D eigenvalue weighted by Gasteiger charge is -2.02. The van der Waals surface area contributed by atoms with Crippen molar-refractivity contribution in [1.82, 2.24) is 10.2 Å². The predicted molar refractivity (Wildman–Crippen MR) is 63.5 cm³/mol. The monoisotopic (exact) mass is 228 g/mol. The standard InChI is InChI=1S/C13H12N2O2/c1-9-3-5-11(6-4-9)12-7-8-13(15-14-12)17-10(2)16/h3-8H,1-2H3. The number of aromatic nitrogens is 2. The molecule has 0 aliphatic heterocycles. The van der Waals surface area contributed by atoms with Crippen LogP contribution in [0.3, 0.4) is 0 Å². The smallest absolute Gasteiger partial charge is 0.309 e. The van der Waals surface area contributed by atoms with Gasteiger partial charge in [-0.2, -0.15) is 0 Å². The maximum atomic E-state index is 10.7. The number of carbonyl (C=O) groups is 1. The third-order valence-electron chi connectivity index (χ3n) is 2.24. The summed E-state index contributed by atoms with van der Waals surface area (Å²) in [7, 11) is 0. The average molecular weight is 228 g/mol. The largest absolute Gasteiger partial charge is 0.406 e. The molecule has 1 heterocycles. The van der Waals surface area contributed by atoms with Crippen molar-refractivity contribution in [3.05, 3.63) is 42.0 Å². The van der Waals surface area contributed by atoms with E-state index < -0.39 is 5.97 Å². The Balaban J connectivity index is 2.23. The predicted octanol–water partition coefficient (Wildman–Crippen LogP) is 2.38. The summed E-state index contributed by atoms with van der Waals surface area (Å²) in [4.78, 5) is 10.7. The maximum absolute atomic E-state index is 10.7. The molecule has 0 radical (unpaired) electrons. The molecule has 0 atom stereocenters. The van der Waals surface area contributed by atoms with Crippen molar-refractivity contribution < 1.29 is 9.53 Å². The van der Waals surface area contributed by atoms with Crippen LogP contribution in [0, 0.1) is 6.92 Å². The van der Waals surface area contributed by atoms with Crippen molar-refractivity contribution in [2.24, 2.45) is 0 Å². The van der Waals surface area contributed by atoms with E-state index in [4.69, 9.17) is 4.74 Å². The second-order valence-corrected chi connectivity index (χ2v) is 3.72. The second kappa shape index (κ2) is 4.74. The molecular weight excluding hydrogens is 216 g/mol. The van der Waals surface area contributed by atoms with Gasteiger partial charge in [0, 0.05) is 18.6 Å². The van der Waals surface area contributed by atoms with Crippen molar-refractivity contribution >= 4 is 5.97 Å². The average Bonchev–Trinajstić information content (AvgIpc) is 2.30. The Morgan fingerprint density at radius 3 is 2.29 bits per heavy atom. The zero-order valence-electron chi connectivity index (χ0n) is 9.68. The summed E-state index contributed by atoms with van der Waals surface area (Å²) >= 11 is 0. The topological polar surface area (TPSA) is 52.1 Å². The van der Waals surface area contributed by atoms with E-state index in [1.165, 1.54) is 12.5 Å². The number of ether oxygens (including phenoxy) is 1. The molecule has 0 unspecified atom stereocenters. The van der Waals surface area contributed by atoms with E-state index in [9.17, 15) is 4.79 Å². The second-order valence-electron chi connectivity index (χ2n) is 3.72. The molecule has 0 spiro atoms. The van der Waals surface area contributed by atoms with Crippen LogP contribution in [0.2, 0.25) is 0 Å². The first-order chi connectivity index (χ1) is 8.15. The van der Waals surface area contributed by atoms with Gasteiger partial charge < -0.3 is 4.74 Å². The number of hydrogen-bond donors (Lipinski definition) is 0. The van der Waals surface area contributed by atoms with E-state index in [2.05, 4.69) is 10.2 Å². The van der Waals surface area contributed by atoms with Gasteiger partial charge in [-0.15, -0.1) is 10.2 Å². The van der Waals surface area contributed by atoms with E-state index in [0.717, 1.165) is 11.3 Å². The van der Waals surface area contributed by atoms with E-state index in [0.29, 0.717) is 0 Å². The van der Waals surface area contributed by atoms with Crippen LogP contribution >= 0.6 is 0 Å². The lowest BCUT2D eigenvalue weighted by molar-refractivity contribution is -0.132. The normalized spacial score (nSPS) is 10.0. The molecule has 0 saturated carbocycles. The molecule has 0 aliphatic rings. The lowest BCUT2D eigenvalue weighted by atomic mass is 10.1. The molecule has 2 aromatic rings. The summed E-state index contributed by atoms with van der Waals surface area (Å²) < 4.78 is 4.81. The van der Waals surface area contributed by atoms with Crippen LogP contribution in [0.4, 0.5) is 0 Å². The van der Waals surface area contributed by atoms with Crippen molar-refractivity contribution in [3.8, 4) is 17.1 Å². The summed E-state index contributed by atoms with van der Waals surface area (Å²) in [6, 6.07) is 11.4. The van der Waals surface area contributed by atoms with Gasteiger partial charge in [0.2, 0.25) is 5.88 Å². The van der Waals surface area contributed by atoms with Gasteiger partial charge in [0.15, 0.2) is 0 Å². The highest BCUT2D eigenvalue weighted by molar-refractivity contribution is 5.68. The van der Waals surface area contributed by atoms with Crippen LogP contribution < -0.4 is 4.74 Å². The maximum Gasteiger partial charge on any atom is 0.309 e. The molecule has 0 amide bonds. The minimum Gasteiger partial charge on any atom is -0.406 e. The number of aryl methyl sites for hydroxylation is 1. The number of rotatable bonds is 2. The molecule has 0 saturated heterocycles. The summed E-state index contributed by atoms with van der Waals surface area (Å²) in [5.41, 5.74) is 2.93. The van der Waals surface area contributed by atoms with Gasteiger partial charge in [-0.1, -0.05) is 29.8 Å². The molecule has 86 valence electrons. The number of nitrogens with zero attached hydrogens (tertiary/aromatic N) is 2. The third kappa shape index (κ3) is 2.87. The Labute approximate surface area is 99.3 Å². The Hall–Kier alpha value is -2.23. The Morgan fingerprint density at radius 1 is 1.06 bits per heavy atom. The number of benzene rings is 1. The van der Waals surface area contributed by atoms with Gasteiger partial charge in [-0.3, -0.25) is 4.79 Å². The minimum absolute atomic E-state index is 0.216. The first-order valence-electron chi connectivity index (χ1n) is 5.24. The van der Waals surface area contributed by atoms with E-state index in [1.807, 2.05) is 31.2 Å². The zero-order valence-corrected chi connectivity index (χ0v) is 9.68. The third-order valence-corrected chi connectivity index (χ3v) is 2.24.